The Morgan fingerprint density at radius 1 is 1.22 bits per heavy atom. The van der Waals surface area contributed by atoms with Gasteiger partial charge in [0, 0.05) is 5.92 Å². The molecule has 0 saturated heterocycles. The summed E-state index contributed by atoms with van der Waals surface area (Å²) in [7, 11) is 0. The second kappa shape index (κ2) is 5.61. The molecule has 0 radical (unpaired) electrons. The molecule has 3 rings (SSSR count). The van der Waals surface area contributed by atoms with Gasteiger partial charge in [-0.25, -0.2) is 13.2 Å². The number of amides is 1. The number of hydrogen-bond donors (Lipinski definition) is 1. The summed E-state index contributed by atoms with van der Waals surface area (Å²) in [4.78, 5) is 12.5. The highest BCUT2D eigenvalue weighted by atomic mass is 32.1. The number of halogens is 3. The minimum absolute atomic E-state index is 0.000864. The molecule has 2 aromatic heterocycles. The molecule has 1 amide bonds. The highest BCUT2D eigenvalue weighted by Gasteiger charge is 2.21. The summed E-state index contributed by atoms with van der Waals surface area (Å²) >= 11 is 0.952. The van der Waals surface area contributed by atoms with Crippen molar-refractivity contribution in [2.45, 2.75) is 19.8 Å². The summed E-state index contributed by atoms with van der Waals surface area (Å²) in [5.41, 5.74) is -0.469. The quantitative estimate of drug-likeness (QED) is 0.744. The van der Waals surface area contributed by atoms with Crippen molar-refractivity contribution in [3.8, 4) is 0 Å². The van der Waals surface area contributed by atoms with E-state index in [-0.39, 0.29) is 10.9 Å². The Balaban J connectivity index is 1.91. The Morgan fingerprint density at radius 2 is 1.96 bits per heavy atom. The monoisotopic (exact) mass is 341 g/mol. The number of rotatable bonds is 3. The van der Waals surface area contributed by atoms with Gasteiger partial charge in [0.2, 0.25) is 9.97 Å². The maximum absolute atomic E-state index is 13.6. The first-order valence-electron chi connectivity index (χ1n) is 6.55. The van der Waals surface area contributed by atoms with E-state index in [0.29, 0.717) is 10.8 Å². The van der Waals surface area contributed by atoms with Crippen LogP contribution in [0.4, 0.5) is 18.9 Å². The van der Waals surface area contributed by atoms with E-state index in [1.54, 1.807) is 0 Å². The van der Waals surface area contributed by atoms with E-state index in [4.69, 9.17) is 0 Å². The Labute approximate surface area is 132 Å². The minimum Gasteiger partial charge on any atom is -0.317 e. The van der Waals surface area contributed by atoms with Crippen molar-refractivity contribution < 1.29 is 18.0 Å². The Hall–Kier alpha value is -2.49. The van der Waals surface area contributed by atoms with E-state index < -0.39 is 29.0 Å². The van der Waals surface area contributed by atoms with Crippen LogP contribution in [0.3, 0.4) is 0 Å². The highest BCUT2D eigenvalue weighted by molar-refractivity contribution is 7.18. The summed E-state index contributed by atoms with van der Waals surface area (Å²) in [6.07, 6.45) is 0. The molecule has 0 fully saturated rings. The SMILES string of the molecule is CC(C)c1nnc2sc(C(=O)Nc3ccc(F)c(F)c3F)nn12. The van der Waals surface area contributed by atoms with Crippen LogP contribution in [0.1, 0.15) is 35.4 Å². The second-order valence-electron chi connectivity index (χ2n) is 4.99. The van der Waals surface area contributed by atoms with Crippen LogP contribution < -0.4 is 5.32 Å². The molecule has 3 aromatic rings. The van der Waals surface area contributed by atoms with Crippen LogP contribution in [-0.4, -0.2) is 25.7 Å². The van der Waals surface area contributed by atoms with Gasteiger partial charge in [0.05, 0.1) is 5.69 Å². The van der Waals surface area contributed by atoms with E-state index in [1.165, 1.54) is 4.52 Å². The maximum Gasteiger partial charge on any atom is 0.286 e. The number of carbonyl (C=O) groups excluding carboxylic acids is 1. The standard InChI is InChI=1S/C13H10F3N5OS/c1-5(2)10-18-19-13-21(10)20-12(23-13)11(22)17-7-4-3-6(14)8(15)9(7)16/h3-5H,1-2H3,(H,17,22). The number of aromatic nitrogens is 4. The predicted molar refractivity (Wildman–Crippen MR) is 77.0 cm³/mol. The van der Waals surface area contributed by atoms with Crippen molar-refractivity contribution in [2.75, 3.05) is 5.32 Å². The molecule has 10 heteroatoms. The van der Waals surface area contributed by atoms with Gasteiger partial charge >= 0.3 is 0 Å². The number of nitrogens with zero attached hydrogens (tertiary/aromatic N) is 4. The second-order valence-corrected chi connectivity index (χ2v) is 5.95. The van der Waals surface area contributed by atoms with E-state index in [1.807, 2.05) is 13.8 Å². The van der Waals surface area contributed by atoms with Gasteiger partial charge in [-0.05, 0) is 12.1 Å². The summed E-state index contributed by atoms with van der Waals surface area (Å²) in [5, 5.41) is 14.1. The number of benzene rings is 1. The van der Waals surface area contributed by atoms with Crippen LogP contribution in [0.2, 0.25) is 0 Å². The van der Waals surface area contributed by atoms with E-state index >= 15 is 0 Å². The molecule has 6 nitrogen and oxygen atoms in total. The molecule has 0 atom stereocenters. The maximum atomic E-state index is 13.6. The van der Waals surface area contributed by atoms with Gasteiger partial charge < -0.3 is 5.32 Å². The molecule has 0 spiro atoms. The van der Waals surface area contributed by atoms with Crippen molar-refractivity contribution in [1.29, 1.82) is 0 Å². The number of hydrogen-bond acceptors (Lipinski definition) is 5. The first-order chi connectivity index (χ1) is 10.9. The van der Waals surface area contributed by atoms with Crippen molar-refractivity contribution in [3.63, 3.8) is 0 Å². The highest BCUT2D eigenvalue weighted by Crippen LogP contribution is 2.22. The summed E-state index contributed by atoms with van der Waals surface area (Å²) in [6, 6.07) is 1.66. The Kier molecular flexibility index (Phi) is 3.76. The van der Waals surface area contributed by atoms with Crippen molar-refractivity contribution in [3.05, 3.63) is 40.4 Å². The average molecular weight is 341 g/mol. The normalized spacial score (nSPS) is 11.4. The molecular weight excluding hydrogens is 331 g/mol. The topological polar surface area (TPSA) is 72.2 Å². The fourth-order valence-electron chi connectivity index (χ4n) is 1.88. The van der Waals surface area contributed by atoms with Gasteiger partial charge in [-0.1, -0.05) is 25.2 Å². The van der Waals surface area contributed by atoms with Crippen LogP contribution in [-0.2, 0) is 0 Å². The molecule has 0 aliphatic carbocycles. The van der Waals surface area contributed by atoms with Crippen molar-refractivity contribution in [1.82, 2.24) is 19.8 Å². The predicted octanol–water partition coefficient (Wildman–Crippen LogP) is 2.98. The molecule has 0 bridgehead atoms. The molecule has 0 saturated carbocycles. The summed E-state index contributed by atoms with van der Waals surface area (Å²) < 4.78 is 41.0. The summed E-state index contributed by atoms with van der Waals surface area (Å²) in [5.74, 6) is -4.57. The van der Waals surface area contributed by atoms with E-state index in [0.717, 1.165) is 23.5 Å². The number of anilines is 1. The lowest BCUT2D eigenvalue weighted by Gasteiger charge is -2.05. The molecule has 1 aromatic carbocycles. The van der Waals surface area contributed by atoms with Crippen LogP contribution >= 0.6 is 11.3 Å². The number of carbonyl (C=O) groups is 1. The summed E-state index contributed by atoms with van der Waals surface area (Å²) in [6.45, 7) is 3.79. The van der Waals surface area contributed by atoms with Gasteiger partial charge in [-0.15, -0.1) is 15.3 Å². The van der Waals surface area contributed by atoms with Crippen LogP contribution in [0.25, 0.3) is 4.96 Å². The first kappa shape index (κ1) is 15.4. The van der Waals surface area contributed by atoms with E-state index in [9.17, 15) is 18.0 Å². The molecular formula is C13H10F3N5OS. The fourth-order valence-corrected chi connectivity index (χ4v) is 2.62. The lowest BCUT2D eigenvalue weighted by molar-refractivity contribution is 0.102. The van der Waals surface area contributed by atoms with Crippen LogP contribution in [0.5, 0.6) is 0 Å². The Bertz CT molecular complexity index is 905. The molecule has 1 N–H and O–H groups in total. The van der Waals surface area contributed by atoms with Gasteiger partial charge in [0.15, 0.2) is 23.3 Å². The largest absolute Gasteiger partial charge is 0.317 e. The third-order valence-electron chi connectivity index (χ3n) is 3.01. The van der Waals surface area contributed by atoms with Gasteiger partial charge in [-0.2, -0.15) is 4.52 Å². The van der Waals surface area contributed by atoms with Crippen molar-refractivity contribution >= 4 is 27.9 Å². The van der Waals surface area contributed by atoms with Gasteiger partial charge in [0.1, 0.15) is 0 Å². The zero-order valence-electron chi connectivity index (χ0n) is 12.0. The van der Waals surface area contributed by atoms with E-state index in [2.05, 4.69) is 20.6 Å². The number of nitrogens with one attached hydrogen (secondary N) is 1. The third-order valence-corrected chi connectivity index (χ3v) is 3.91. The first-order valence-corrected chi connectivity index (χ1v) is 7.37. The Morgan fingerprint density at radius 3 is 2.65 bits per heavy atom. The number of fused-ring (bicyclic) bond motifs is 1. The molecule has 0 unspecified atom stereocenters. The third kappa shape index (κ3) is 2.65. The van der Waals surface area contributed by atoms with Crippen LogP contribution in [0.15, 0.2) is 12.1 Å². The van der Waals surface area contributed by atoms with Gasteiger partial charge in [-0.3, -0.25) is 4.79 Å². The average Bonchev–Trinajstić information content (AvgIpc) is 3.07. The molecule has 0 aliphatic rings. The lowest BCUT2D eigenvalue weighted by atomic mass is 10.2. The molecule has 0 aliphatic heterocycles. The molecule has 120 valence electrons. The van der Waals surface area contributed by atoms with Gasteiger partial charge in [0.25, 0.3) is 5.91 Å². The van der Waals surface area contributed by atoms with Crippen LogP contribution in [0, 0.1) is 17.5 Å². The smallest absolute Gasteiger partial charge is 0.286 e. The zero-order valence-corrected chi connectivity index (χ0v) is 12.8. The lowest BCUT2D eigenvalue weighted by Crippen LogP contribution is -2.14. The molecule has 23 heavy (non-hydrogen) atoms. The minimum atomic E-state index is -1.65. The van der Waals surface area contributed by atoms with Crippen molar-refractivity contribution in [2.24, 2.45) is 0 Å². The zero-order chi connectivity index (χ0) is 16.7. The molecule has 2 heterocycles. The fraction of sp³-hybridized carbons (Fsp3) is 0.231.